The molecule has 5 heteroatoms. The van der Waals surface area contributed by atoms with Crippen molar-refractivity contribution in [3.63, 3.8) is 0 Å². The predicted molar refractivity (Wildman–Crippen MR) is 60.7 cm³/mol. The zero-order valence-corrected chi connectivity index (χ0v) is 10.1. The number of hydrogen-bond donors (Lipinski definition) is 1. The number of hydrogen-bond acceptors (Lipinski definition) is 4. The number of methoxy groups -OCH3 is 1. The zero-order valence-electron chi connectivity index (χ0n) is 8.49. The number of para-hydroxylation sites is 1. The maximum Gasteiger partial charge on any atom is 0.346 e. The van der Waals surface area contributed by atoms with Gasteiger partial charge in [-0.05, 0) is 35.0 Å². The first-order valence-electron chi connectivity index (χ1n) is 4.34. The second-order valence-corrected chi connectivity index (χ2v) is 3.80. The summed E-state index contributed by atoms with van der Waals surface area (Å²) >= 11 is 3.29. The molecule has 1 unspecified atom stereocenters. The number of nitrogen functional groups attached to an aromatic ring is 1. The Hall–Kier alpha value is -1.23. The summed E-state index contributed by atoms with van der Waals surface area (Å²) < 4.78 is 10.6. The Kier molecular flexibility index (Phi) is 3.96. The van der Waals surface area contributed by atoms with Crippen LogP contribution in [0.5, 0.6) is 5.75 Å². The number of halogens is 1. The van der Waals surface area contributed by atoms with Crippen molar-refractivity contribution in [2.75, 3.05) is 12.8 Å². The Morgan fingerprint density at radius 2 is 2.20 bits per heavy atom. The highest BCUT2D eigenvalue weighted by Gasteiger charge is 2.17. The number of nitrogens with two attached hydrogens (primary N) is 1. The molecule has 15 heavy (non-hydrogen) atoms. The molecule has 4 nitrogen and oxygen atoms in total. The van der Waals surface area contributed by atoms with E-state index in [4.69, 9.17) is 10.5 Å². The second kappa shape index (κ2) is 5.02. The van der Waals surface area contributed by atoms with Crippen LogP contribution in [0.25, 0.3) is 0 Å². The third kappa shape index (κ3) is 2.86. The van der Waals surface area contributed by atoms with E-state index in [2.05, 4.69) is 20.7 Å². The lowest BCUT2D eigenvalue weighted by atomic mass is 10.3. The summed E-state index contributed by atoms with van der Waals surface area (Å²) in [5.74, 6) is 0.0144. The quantitative estimate of drug-likeness (QED) is 0.676. The van der Waals surface area contributed by atoms with Crippen LogP contribution in [0.3, 0.4) is 0 Å². The van der Waals surface area contributed by atoms with Crippen LogP contribution in [-0.2, 0) is 9.53 Å². The first-order chi connectivity index (χ1) is 7.06. The maximum absolute atomic E-state index is 11.1. The molecule has 2 N–H and O–H groups in total. The Morgan fingerprint density at radius 3 is 2.73 bits per heavy atom. The smallest absolute Gasteiger partial charge is 0.346 e. The van der Waals surface area contributed by atoms with Crippen molar-refractivity contribution in [2.45, 2.75) is 13.0 Å². The Bertz CT molecular complexity index is 347. The van der Waals surface area contributed by atoms with Crippen LogP contribution in [0.15, 0.2) is 22.7 Å². The summed E-state index contributed by atoms with van der Waals surface area (Å²) in [5, 5.41) is 0. The van der Waals surface area contributed by atoms with Gasteiger partial charge in [-0.15, -0.1) is 0 Å². The van der Waals surface area contributed by atoms with Gasteiger partial charge in [0, 0.05) is 0 Å². The normalized spacial score (nSPS) is 11.9. The highest BCUT2D eigenvalue weighted by molar-refractivity contribution is 9.10. The summed E-state index contributed by atoms with van der Waals surface area (Å²) in [6.45, 7) is 1.60. The minimum absolute atomic E-state index is 0.440. The molecule has 0 radical (unpaired) electrons. The van der Waals surface area contributed by atoms with E-state index >= 15 is 0 Å². The first kappa shape index (κ1) is 11.8. The molecule has 1 aromatic carbocycles. The van der Waals surface area contributed by atoms with E-state index in [1.165, 1.54) is 7.11 Å². The molecule has 0 heterocycles. The van der Waals surface area contributed by atoms with Gasteiger partial charge in [-0.1, -0.05) is 6.07 Å². The van der Waals surface area contributed by atoms with E-state index in [9.17, 15) is 4.79 Å². The van der Waals surface area contributed by atoms with Gasteiger partial charge in [0.05, 0.1) is 17.3 Å². The number of rotatable bonds is 3. The molecule has 1 rings (SSSR count). The van der Waals surface area contributed by atoms with Crippen LogP contribution in [0.1, 0.15) is 6.92 Å². The van der Waals surface area contributed by atoms with E-state index < -0.39 is 12.1 Å². The fraction of sp³-hybridized carbons (Fsp3) is 0.300. The second-order valence-electron chi connectivity index (χ2n) is 2.94. The minimum Gasteiger partial charge on any atom is -0.476 e. The average Bonchev–Trinajstić information content (AvgIpc) is 2.22. The van der Waals surface area contributed by atoms with Crippen molar-refractivity contribution < 1.29 is 14.3 Å². The molecule has 0 bridgehead atoms. The maximum atomic E-state index is 11.1. The number of carbonyl (C=O) groups excluding carboxylic acids is 1. The molecule has 0 fully saturated rings. The highest BCUT2D eigenvalue weighted by atomic mass is 79.9. The Balaban J connectivity index is 2.85. The summed E-state index contributed by atoms with van der Waals surface area (Å²) in [6.07, 6.45) is -0.684. The molecule has 0 aliphatic rings. The molecule has 0 aromatic heterocycles. The fourth-order valence-electron chi connectivity index (χ4n) is 1.04. The van der Waals surface area contributed by atoms with Crippen molar-refractivity contribution in [3.05, 3.63) is 22.7 Å². The molecule has 0 aliphatic heterocycles. The topological polar surface area (TPSA) is 61.5 Å². The lowest BCUT2D eigenvalue weighted by Crippen LogP contribution is -2.25. The van der Waals surface area contributed by atoms with Crippen LogP contribution < -0.4 is 10.5 Å². The van der Waals surface area contributed by atoms with Crippen molar-refractivity contribution in [1.82, 2.24) is 0 Å². The lowest BCUT2D eigenvalue weighted by Gasteiger charge is -2.15. The van der Waals surface area contributed by atoms with E-state index in [0.717, 1.165) is 0 Å². The highest BCUT2D eigenvalue weighted by Crippen LogP contribution is 2.31. The van der Waals surface area contributed by atoms with Gasteiger partial charge in [0.2, 0.25) is 0 Å². The molecular formula is C10H12BrNO3. The molecular weight excluding hydrogens is 262 g/mol. The largest absolute Gasteiger partial charge is 0.476 e. The number of ether oxygens (including phenoxy) is 2. The number of carbonyl (C=O) groups is 1. The number of benzene rings is 1. The van der Waals surface area contributed by atoms with Gasteiger partial charge in [-0.3, -0.25) is 0 Å². The predicted octanol–water partition coefficient (Wildman–Crippen LogP) is 1.97. The SMILES string of the molecule is COC(=O)C(C)Oc1c(N)cccc1Br. The van der Waals surface area contributed by atoms with Crippen molar-refractivity contribution >= 4 is 27.6 Å². The fourth-order valence-corrected chi connectivity index (χ4v) is 1.52. The van der Waals surface area contributed by atoms with E-state index in [-0.39, 0.29) is 0 Å². The van der Waals surface area contributed by atoms with E-state index in [1.54, 1.807) is 25.1 Å². The van der Waals surface area contributed by atoms with Crippen molar-refractivity contribution in [1.29, 1.82) is 0 Å². The molecule has 82 valence electrons. The van der Waals surface area contributed by atoms with Crippen LogP contribution in [0.2, 0.25) is 0 Å². The molecule has 1 atom stereocenters. The third-order valence-electron chi connectivity index (χ3n) is 1.83. The van der Waals surface area contributed by atoms with Gasteiger partial charge in [-0.25, -0.2) is 4.79 Å². The van der Waals surface area contributed by atoms with Crippen LogP contribution in [0.4, 0.5) is 5.69 Å². The van der Waals surface area contributed by atoms with Gasteiger partial charge < -0.3 is 15.2 Å². The summed E-state index contributed by atoms with van der Waals surface area (Å²) in [4.78, 5) is 11.1. The summed E-state index contributed by atoms with van der Waals surface area (Å²) in [5.41, 5.74) is 6.18. The van der Waals surface area contributed by atoms with Gasteiger partial charge in [0.1, 0.15) is 0 Å². The summed E-state index contributed by atoms with van der Waals surface area (Å²) in [7, 11) is 1.31. The monoisotopic (exact) mass is 273 g/mol. The molecule has 0 saturated heterocycles. The third-order valence-corrected chi connectivity index (χ3v) is 2.45. The lowest BCUT2D eigenvalue weighted by molar-refractivity contribution is -0.147. The minimum atomic E-state index is -0.684. The van der Waals surface area contributed by atoms with E-state index in [1.807, 2.05) is 0 Å². The molecule has 0 aliphatic carbocycles. The van der Waals surface area contributed by atoms with Crippen LogP contribution >= 0.6 is 15.9 Å². The number of esters is 1. The van der Waals surface area contributed by atoms with Crippen molar-refractivity contribution in [2.24, 2.45) is 0 Å². The van der Waals surface area contributed by atoms with Crippen LogP contribution in [-0.4, -0.2) is 19.2 Å². The molecule has 0 amide bonds. The van der Waals surface area contributed by atoms with Gasteiger partial charge >= 0.3 is 5.97 Å². The Morgan fingerprint density at radius 1 is 1.53 bits per heavy atom. The van der Waals surface area contributed by atoms with Crippen molar-refractivity contribution in [3.8, 4) is 5.75 Å². The molecule has 0 spiro atoms. The standard InChI is InChI=1S/C10H12BrNO3/c1-6(10(13)14-2)15-9-7(11)4-3-5-8(9)12/h3-6H,12H2,1-2H3. The first-order valence-corrected chi connectivity index (χ1v) is 5.14. The van der Waals surface area contributed by atoms with Gasteiger partial charge in [-0.2, -0.15) is 0 Å². The Labute approximate surface area is 96.5 Å². The summed E-state index contributed by atoms with van der Waals surface area (Å²) in [6, 6.07) is 5.27. The average molecular weight is 274 g/mol. The number of anilines is 1. The van der Waals surface area contributed by atoms with Crippen LogP contribution in [0, 0.1) is 0 Å². The molecule has 1 aromatic rings. The zero-order chi connectivity index (χ0) is 11.4. The van der Waals surface area contributed by atoms with Gasteiger partial charge in [0.15, 0.2) is 11.9 Å². The van der Waals surface area contributed by atoms with E-state index in [0.29, 0.717) is 15.9 Å². The molecule has 0 saturated carbocycles. The van der Waals surface area contributed by atoms with Gasteiger partial charge in [0.25, 0.3) is 0 Å².